The lowest BCUT2D eigenvalue weighted by Gasteiger charge is -2.09. The molecular formula is C13H21N5O. The van der Waals surface area contributed by atoms with Crippen LogP contribution in [0.25, 0.3) is 5.65 Å². The third kappa shape index (κ3) is 3.82. The number of hydrogen-bond donors (Lipinski definition) is 2. The Morgan fingerprint density at radius 2 is 2.26 bits per heavy atom. The molecule has 104 valence electrons. The highest BCUT2D eigenvalue weighted by Crippen LogP contribution is 2.14. The van der Waals surface area contributed by atoms with Gasteiger partial charge in [0.05, 0.1) is 12.3 Å². The second kappa shape index (κ2) is 6.38. The molecule has 0 atom stereocenters. The minimum atomic E-state index is 0.299. The Morgan fingerprint density at radius 1 is 1.42 bits per heavy atom. The first-order chi connectivity index (χ1) is 9.16. The van der Waals surface area contributed by atoms with E-state index in [4.69, 9.17) is 10.5 Å². The van der Waals surface area contributed by atoms with Gasteiger partial charge in [-0.05, 0) is 26.7 Å². The predicted molar refractivity (Wildman–Crippen MR) is 76.2 cm³/mol. The summed E-state index contributed by atoms with van der Waals surface area (Å²) in [4.78, 5) is 8.53. The molecule has 0 saturated heterocycles. The van der Waals surface area contributed by atoms with Crippen molar-refractivity contribution in [3.05, 3.63) is 18.6 Å². The van der Waals surface area contributed by atoms with Gasteiger partial charge >= 0.3 is 0 Å². The summed E-state index contributed by atoms with van der Waals surface area (Å²) in [5.74, 6) is 1.21. The van der Waals surface area contributed by atoms with Crippen molar-refractivity contribution < 1.29 is 4.74 Å². The van der Waals surface area contributed by atoms with Crippen LogP contribution in [0.4, 0.5) is 11.6 Å². The summed E-state index contributed by atoms with van der Waals surface area (Å²) in [6.45, 7) is 5.72. The predicted octanol–water partition coefficient (Wildman–Crippen LogP) is 1.93. The Bertz CT molecular complexity index is 523. The number of nitrogens with one attached hydrogen (secondary N) is 1. The van der Waals surface area contributed by atoms with Gasteiger partial charge in [-0.2, -0.15) is 0 Å². The number of rotatable bonds is 7. The molecule has 0 unspecified atom stereocenters. The van der Waals surface area contributed by atoms with Crippen LogP contribution >= 0.6 is 0 Å². The molecule has 0 aliphatic rings. The van der Waals surface area contributed by atoms with Crippen molar-refractivity contribution in [3.8, 4) is 0 Å². The number of nitrogen functional groups attached to an aromatic ring is 1. The Kier molecular flexibility index (Phi) is 4.57. The van der Waals surface area contributed by atoms with E-state index in [-0.39, 0.29) is 0 Å². The van der Waals surface area contributed by atoms with Gasteiger partial charge < -0.3 is 20.2 Å². The van der Waals surface area contributed by atoms with E-state index in [0.29, 0.717) is 11.9 Å². The van der Waals surface area contributed by atoms with Crippen LogP contribution in [0.15, 0.2) is 18.6 Å². The van der Waals surface area contributed by atoms with Gasteiger partial charge in [-0.1, -0.05) is 0 Å². The number of imidazole rings is 1. The SMILES string of the molecule is CC(C)OCCCCNc1nc(N)cn2ccnc12. The fraction of sp³-hybridized carbons (Fsp3) is 0.538. The normalized spacial score (nSPS) is 11.3. The van der Waals surface area contributed by atoms with Gasteiger partial charge in [0.25, 0.3) is 0 Å². The molecule has 2 heterocycles. The standard InChI is InChI=1S/C13H21N5O/c1-10(2)19-8-4-3-5-15-12-13-16-6-7-18(13)9-11(14)17-12/h6-7,9-10H,3-5,8,14H2,1-2H3,(H,15,17). The Labute approximate surface area is 113 Å². The van der Waals surface area contributed by atoms with Gasteiger partial charge in [0.2, 0.25) is 0 Å². The maximum Gasteiger partial charge on any atom is 0.180 e. The number of nitrogens with two attached hydrogens (primary N) is 1. The molecule has 19 heavy (non-hydrogen) atoms. The first kappa shape index (κ1) is 13.6. The molecule has 0 spiro atoms. The molecule has 0 saturated carbocycles. The molecule has 2 rings (SSSR count). The van der Waals surface area contributed by atoms with E-state index in [9.17, 15) is 0 Å². The minimum absolute atomic E-state index is 0.299. The van der Waals surface area contributed by atoms with Gasteiger partial charge in [0, 0.05) is 25.5 Å². The fourth-order valence-corrected chi connectivity index (χ4v) is 1.82. The lowest BCUT2D eigenvalue weighted by Crippen LogP contribution is -2.09. The monoisotopic (exact) mass is 263 g/mol. The zero-order valence-corrected chi connectivity index (χ0v) is 11.5. The lowest BCUT2D eigenvalue weighted by molar-refractivity contribution is 0.0765. The van der Waals surface area contributed by atoms with Crippen LogP contribution in [0.2, 0.25) is 0 Å². The first-order valence-corrected chi connectivity index (χ1v) is 6.61. The van der Waals surface area contributed by atoms with Crippen molar-refractivity contribution >= 4 is 17.3 Å². The quantitative estimate of drug-likeness (QED) is 0.746. The highest BCUT2D eigenvalue weighted by molar-refractivity contribution is 5.64. The Balaban J connectivity index is 1.83. The zero-order chi connectivity index (χ0) is 13.7. The topological polar surface area (TPSA) is 77.5 Å². The molecule has 0 bridgehead atoms. The average molecular weight is 263 g/mol. The van der Waals surface area contributed by atoms with Crippen molar-refractivity contribution in [3.63, 3.8) is 0 Å². The van der Waals surface area contributed by atoms with Crippen LogP contribution in [0.3, 0.4) is 0 Å². The molecule has 0 aliphatic carbocycles. The molecule has 0 radical (unpaired) electrons. The van der Waals surface area contributed by atoms with Crippen molar-refractivity contribution in [1.29, 1.82) is 0 Å². The molecule has 2 aromatic rings. The summed E-state index contributed by atoms with van der Waals surface area (Å²) in [6, 6.07) is 0. The van der Waals surface area contributed by atoms with E-state index < -0.39 is 0 Å². The van der Waals surface area contributed by atoms with Crippen LogP contribution in [-0.2, 0) is 4.74 Å². The molecular weight excluding hydrogens is 242 g/mol. The smallest absolute Gasteiger partial charge is 0.180 e. The molecule has 0 amide bonds. The van der Waals surface area contributed by atoms with Gasteiger partial charge in [-0.3, -0.25) is 0 Å². The van der Waals surface area contributed by atoms with Gasteiger partial charge in [0.15, 0.2) is 11.5 Å². The number of anilines is 2. The van der Waals surface area contributed by atoms with Crippen LogP contribution in [0, 0.1) is 0 Å². The summed E-state index contributed by atoms with van der Waals surface area (Å²) < 4.78 is 7.36. The molecule has 2 aromatic heterocycles. The van der Waals surface area contributed by atoms with E-state index in [2.05, 4.69) is 15.3 Å². The van der Waals surface area contributed by atoms with Crippen LogP contribution in [0.1, 0.15) is 26.7 Å². The molecule has 6 nitrogen and oxygen atoms in total. The third-order valence-corrected chi connectivity index (χ3v) is 2.71. The van der Waals surface area contributed by atoms with E-state index in [1.54, 1.807) is 12.4 Å². The second-order valence-electron chi connectivity index (χ2n) is 4.73. The summed E-state index contributed by atoms with van der Waals surface area (Å²) in [5.41, 5.74) is 6.55. The van der Waals surface area contributed by atoms with Crippen LogP contribution in [0.5, 0.6) is 0 Å². The third-order valence-electron chi connectivity index (χ3n) is 2.71. The fourth-order valence-electron chi connectivity index (χ4n) is 1.82. The summed E-state index contributed by atoms with van der Waals surface area (Å²) >= 11 is 0. The number of fused-ring (bicyclic) bond motifs is 1. The zero-order valence-electron chi connectivity index (χ0n) is 11.5. The van der Waals surface area contributed by atoms with Crippen molar-refractivity contribution in [1.82, 2.24) is 14.4 Å². The molecule has 3 N–H and O–H groups in total. The van der Waals surface area contributed by atoms with E-state index in [0.717, 1.165) is 37.5 Å². The Morgan fingerprint density at radius 3 is 3.05 bits per heavy atom. The van der Waals surface area contributed by atoms with E-state index >= 15 is 0 Å². The van der Waals surface area contributed by atoms with Gasteiger partial charge in [-0.25, -0.2) is 9.97 Å². The highest BCUT2D eigenvalue weighted by atomic mass is 16.5. The molecule has 0 fully saturated rings. The second-order valence-corrected chi connectivity index (χ2v) is 4.73. The largest absolute Gasteiger partial charge is 0.382 e. The van der Waals surface area contributed by atoms with Crippen molar-refractivity contribution in [2.24, 2.45) is 0 Å². The average Bonchev–Trinajstić information content (AvgIpc) is 2.80. The number of aromatic nitrogens is 3. The number of hydrogen-bond acceptors (Lipinski definition) is 5. The van der Waals surface area contributed by atoms with Gasteiger partial charge in [0.1, 0.15) is 5.82 Å². The lowest BCUT2D eigenvalue weighted by atomic mass is 10.3. The minimum Gasteiger partial charge on any atom is -0.382 e. The van der Waals surface area contributed by atoms with Crippen molar-refractivity contribution in [2.75, 3.05) is 24.2 Å². The van der Waals surface area contributed by atoms with E-state index in [1.807, 2.05) is 24.4 Å². The molecule has 0 aliphatic heterocycles. The van der Waals surface area contributed by atoms with Crippen molar-refractivity contribution in [2.45, 2.75) is 32.8 Å². The van der Waals surface area contributed by atoms with E-state index in [1.165, 1.54) is 0 Å². The maximum atomic E-state index is 5.75. The maximum absolute atomic E-state index is 5.75. The van der Waals surface area contributed by atoms with Gasteiger partial charge in [-0.15, -0.1) is 0 Å². The molecule has 0 aromatic carbocycles. The van der Waals surface area contributed by atoms with Crippen LogP contribution in [-0.4, -0.2) is 33.6 Å². The van der Waals surface area contributed by atoms with Crippen LogP contribution < -0.4 is 11.1 Å². The highest BCUT2D eigenvalue weighted by Gasteiger charge is 2.05. The number of nitrogens with zero attached hydrogens (tertiary/aromatic N) is 3. The first-order valence-electron chi connectivity index (χ1n) is 6.61. The number of ether oxygens (including phenoxy) is 1. The Hall–Kier alpha value is -1.82. The summed E-state index contributed by atoms with van der Waals surface area (Å²) in [5, 5.41) is 3.27. The molecule has 6 heteroatoms. The summed E-state index contributed by atoms with van der Waals surface area (Å²) in [7, 11) is 0. The number of unbranched alkanes of at least 4 members (excludes halogenated alkanes) is 1. The summed E-state index contributed by atoms with van der Waals surface area (Å²) in [6.07, 6.45) is 7.69.